The number of ether oxygens (including phenoxy) is 2. The second-order valence-electron chi connectivity index (χ2n) is 4.18. The Morgan fingerprint density at radius 1 is 1.18 bits per heavy atom. The molecule has 0 bridgehead atoms. The van der Waals surface area contributed by atoms with Crippen LogP contribution in [0.5, 0.6) is 0 Å². The van der Waals surface area contributed by atoms with E-state index in [4.69, 9.17) is 14.4 Å². The smallest absolute Gasteiger partial charge is 0.302 e. The van der Waals surface area contributed by atoms with E-state index in [-0.39, 0.29) is 19.1 Å². The molecule has 5 nitrogen and oxygen atoms in total. The molecule has 1 unspecified atom stereocenters. The summed E-state index contributed by atoms with van der Waals surface area (Å²) in [6, 6.07) is 0. The summed E-state index contributed by atoms with van der Waals surface area (Å²) in [5, 5.41) is 0. The summed E-state index contributed by atoms with van der Waals surface area (Å²) in [5.41, 5.74) is 0. The average Bonchev–Trinajstić information content (AvgIpc) is 2.79. The van der Waals surface area contributed by atoms with Gasteiger partial charge >= 0.3 is 5.97 Å². The van der Waals surface area contributed by atoms with Crippen molar-refractivity contribution in [2.75, 3.05) is 13.4 Å². The maximum Gasteiger partial charge on any atom is 0.302 e. The van der Waals surface area contributed by atoms with Crippen LogP contribution < -0.4 is 0 Å². The SMILES string of the molecule is CC(=O)OCCCCCCCCC1OCOO1. The van der Waals surface area contributed by atoms with Crippen LogP contribution in [-0.2, 0) is 24.0 Å². The third-order valence-corrected chi connectivity index (χ3v) is 2.62. The number of carbonyl (C=O) groups is 1. The first-order valence-corrected chi connectivity index (χ1v) is 6.32. The first kappa shape index (κ1) is 14.4. The maximum atomic E-state index is 10.5. The van der Waals surface area contributed by atoms with E-state index >= 15 is 0 Å². The standard InChI is InChI=1S/C12H22O5/c1-11(13)14-9-7-5-3-2-4-6-8-12-15-10-16-17-12/h12H,2-10H2,1H3. The molecule has 5 heteroatoms. The van der Waals surface area contributed by atoms with Crippen molar-refractivity contribution in [1.82, 2.24) is 0 Å². The van der Waals surface area contributed by atoms with E-state index in [0.29, 0.717) is 6.61 Å². The number of unbranched alkanes of at least 4 members (excludes halogenated alkanes) is 5. The summed E-state index contributed by atoms with van der Waals surface area (Å²) < 4.78 is 9.99. The minimum Gasteiger partial charge on any atom is -0.466 e. The van der Waals surface area contributed by atoms with Crippen LogP contribution in [0.3, 0.4) is 0 Å². The van der Waals surface area contributed by atoms with Crippen LogP contribution in [0, 0.1) is 0 Å². The molecule has 1 rings (SSSR count). The van der Waals surface area contributed by atoms with Crippen molar-refractivity contribution < 1.29 is 24.0 Å². The Bertz CT molecular complexity index is 201. The number of hydrogen-bond donors (Lipinski definition) is 0. The van der Waals surface area contributed by atoms with Crippen LogP contribution in [0.15, 0.2) is 0 Å². The number of esters is 1. The Kier molecular flexibility index (Phi) is 7.96. The van der Waals surface area contributed by atoms with Gasteiger partial charge in [0.15, 0.2) is 13.1 Å². The molecule has 1 aliphatic heterocycles. The third-order valence-electron chi connectivity index (χ3n) is 2.62. The average molecular weight is 246 g/mol. The van der Waals surface area contributed by atoms with Gasteiger partial charge in [0.05, 0.1) is 6.61 Å². The summed E-state index contributed by atoms with van der Waals surface area (Å²) in [4.78, 5) is 20.0. The Labute approximate surface area is 102 Å². The lowest BCUT2D eigenvalue weighted by Gasteiger charge is -2.05. The zero-order valence-corrected chi connectivity index (χ0v) is 10.5. The molecule has 0 N–H and O–H groups in total. The summed E-state index contributed by atoms with van der Waals surface area (Å²) in [5.74, 6) is -0.191. The van der Waals surface area contributed by atoms with Crippen LogP contribution in [0.2, 0.25) is 0 Å². The molecule has 0 saturated carbocycles. The molecule has 1 saturated heterocycles. The molecule has 1 aliphatic rings. The van der Waals surface area contributed by atoms with E-state index in [9.17, 15) is 4.79 Å². The van der Waals surface area contributed by atoms with E-state index in [1.807, 2.05) is 0 Å². The van der Waals surface area contributed by atoms with Crippen molar-refractivity contribution in [2.24, 2.45) is 0 Å². The minimum absolute atomic E-state index is 0.168. The fourth-order valence-corrected chi connectivity index (χ4v) is 1.70. The van der Waals surface area contributed by atoms with Crippen LogP contribution in [0.1, 0.15) is 51.9 Å². The highest BCUT2D eigenvalue weighted by atomic mass is 17.3. The molecule has 0 aromatic heterocycles. The molecule has 0 spiro atoms. The molecular formula is C12H22O5. The Hall–Kier alpha value is -0.650. The van der Waals surface area contributed by atoms with Crippen LogP contribution >= 0.6 is 0 Å². The van der Waals surface area contributed by atoms with Crippen LogP contribution in [0.25, 0.3) is 0 Å². The lowest BCUT2D eigenvalue weighted by molar-refractivity contribution is -0.278. The fraction of sp³-hybridized carbons (Fsp3) is 0.917. The van der Waals surface area contributed by atoms with Gasteiger partial charge in [-0.2, -0.15) is 0 Å². The van der Waals surface area contributed by atoms with Gasteiger partial charge in [0.2, 0.25) is 0 Å². The molecular weight excluding hydrogens is 224 g/mol. The lowest BCUT2D eigenvalue weighted by atomic mass is 10.1. The monoisotopic (exact) mass is 246 g/mol. The van der Waals surface area contributed by atoms with Gasteiger partial charge in [-0.25, -0.2) is 9.78 Å². The lowest BCUT2D eigenvalue weighted by Crippen LogP contribution is -2.06. The minimum atomic E-state index is -0.191. The highest BCUT2D eigenvalue weighted by Crippen LogP contribution is 2.14. The second-order valence-corrected chi connectivity index (χ2v) is 4.18. The zero-order chi connectivity index (χ0) is 12.3. The van der Waals surface area contributed by atoms with Crippen molar-refractivity contribution >= 4 is 5.97 Å². The first-order chi connectivity index (χ1) is 8.29. The van der Waals surface area contributed by atoms with Gasteiger partial charge in [-0.1, -0.05) is 25.7 Å². The fourth-order valence-electron chi connectivity index (χ4n) is 1.70. The van der Waals surface area contributed by atoms with E-state index in [1.165, 1.54) is 26.2 Å². The van der Waals surface area contributed by atoms with E-state index in [1.54, 1.807) is 0 Å². The quantitative estimate of drug-likeness (QED) is 0.355. The van der Waals surface area contributed by atoms with Crippen molar-refractivity contribution in [3.63, 3.8) is 0 Å². The van der Waals surface area contributed by atoms with Crippen LogP contribution in [0.4, 0.5) is 0 Å². The molecule has 0 radical (unpaired) electrons. The molecule has 17 heavy (non-hydrogen) atoms. The molecule has 1 heterocycles. The number of hydrogen-bond acceptors (Lipinski definition) is 5. The Morgan fingerprint density at radius 3 is 2.53 bits per heavy atom. The van der Waals surface area contributed by atoms with Crippen molar-refractivity contribution in [1.29, 1.82) is 0 Å². The second kappa shape index (κ2) is 9.39. The molecule has 0 amide bonds. The van der Waals surface area contributed by atoms with Crippen molar-refractivity contribution in [2.45, 2.75) is 58.2 Å². The topological polar surface area (TPSA) is 54.0 Å². The van der Waals surface area contributed by atoms with Gasteiger partial charge in [0, 0.05) is 13.3 Å². The van der Waals surface area contributed by atoms with Gasteiger partial charge in [-0.3, -0.25) is 4.79 Å². The molecule has 0 aromatic rings. The normalized spacial score (nSPS) is 19.5. The Morgan fingerprint density at radius 2 is 1.88 bits per heavy atom. The van der Waals surface area contributed by atoms with Gasteiger partial charge in [-0.15, -0.1) is 0 Å². The highest BCUT2D eigenvalue weighted by molar-refractivity contribution is 5.65. The maximum absolute atomic E-state index is 10.5. The molecule has 1 fully saturated rings. The van der Waals surface area contributed by atoms with Crippen LogP contribution in [-0.4, -0.2) is 25.7 Å². The van der Waals surface area contributed by atoms with Gasteiger partial charge in [0.25, 0.3) is 0 Å². The first-order valence-electron chi connectivity index (χ1n) is 6.32. The summed E-state index contributed by atoms with van der Waals surface area (Å²) in [7, 11) is 0. The predicted molar refractivity (Wildman–Crippen MR) is 60.9 cm³/mol. The van der Waals surface area contributed by atoms with Crippen molar-refractivity contribution in [3.8, 4) is 0 Å². The Balaban J connectivity index is 1.73. The zero-order valence-electron chi connectivity index (χ0n) is 10.5. The molecule has 0 aromatic carbocycles. The number of carbonyl (C=O) groups excluding carboxylic acids is 1. The van der Waals surface area contributed by atoms with Gasteiger partial charge in [0.1, 0.15) is 0 Å². The van der Waals surface area contributed by atoms with E-state index in [0.717, 1.165) is 25.7 Å². The summed E-state index contributed by atoms with van der Waals surface area (Å²) >= 11 is 0. The van der Waals surface area contributed by atoms with E-state index < -0.39 is 0 Å². The summed E-state index contributed by atoms with van der Waals surface area (Å²) in [6.07, 6.45) is 7.47. The van der Waals surface area contributed by atoms with Gasteiger partial charge in [-0.05, 0) is 12.8 Å². The third kappa shape index (κ3) is 8.12. The molecule has 1 atom stereocenters. The highest BCUT2D eigenvalue weighted by Gasteiger charge is 2.16. The summed E-state index contributed by atoms with van der Waals surface area (Å²) in [6.45, 7) is 2.24. The van der Waals surface area contributed by atoms with E-state index in [2.05, 4.69) is 4.89 Å². The molecule has 0 aliphatic carbocycles. The largest absolute Gasteiger partial charge is 0.466 e. The number of rotatable bonds is 9. The van der Waals surface area contributed by atoms with Gasteiger partial charge < -0.3 is 9.47 Å². The van der Waals surface area contributed by atoms with Crippen molar-refractivity contribution in [3.05, 3.63) is 0 Å². The predicted octanol–water partition coefficient (Wildman–Crippen LogP) is 2.54. The molecule has 100 valence electrons.